The number of nitrogens with zero attached hydrogens (tertiary/aromatic N) is 2. The van der Waals surface area contributed by atoms with Crippen molar-refractivity contribution in [3.8, 4) is 0 Å². The molecule has 132 valence electrons. The number of pyridine rings is 1. The molecule has 2 aromatic carbocycles. The summed E-state index contributed by atoms with van der Waals surface area (Å²) in [4.78, 5) is 4.37. The molecule has 0 aliphatic heterocycles. The standard InChI is InChI=1S/C22H21BrN2O/c1-16-5-3-4-6-21(16)22(12-14-25-26,18-7-9-20(23)10-8-18)19-11-13-24-17(2)15-19/h3-11,13-15,26H,12H2,1-2H3. The number of oxime groups is 1. The summed E-state index contributed by atoms with van der Waals surface area (Å²) < 4.78 is 1.03. The van der Waals surface area contributed by atoms with Gasteiger partial charge in [0, 0.05) is 29.0 Å². The first-order valence-corrected chi connectivity index (χ1v) is 9.28. The third kappa shape index (κ3) is 3.42. The minimum absolute atomic E-state index is 0.466. The van der Waals surface area contributed by atoms with Crippen molar-refractivity contribution in [3.05, 3.63) is 99.3 Å². The van der Waals surface area contributed by atoms with Gasteiger partial charge in [0.25, 0.3) is 0 Å². The molecule has 0 fully saturated rings. The van der Waals surface area contributed by atoms with Crippen LogP contribution in [-0.4, -0.2) is 16.4 Å². The van der Waals surface area contributed by atoms with Gasteiger partial charge in [0.1, 0.15) is 0 Å². The fourth-order valence-electron chi connectivity index (χ4n) is 3.60. The lowest BCUT2D eigenvalue weighted by Gasteiger charge is -2.36. The summed E-state index contributed by atoms with van der Waals surface area (Å²) in [6.45, 7) is 4.11. The van der Waals surface area contributed by atoms with Crippen LogP contribution < -0.4 is 0 Å². The first-order valence-electron chi connectivity index (χ1n) is 8.49. The van der Waals surface area contributed by atoms with Crippen LogP contribution in [0.15, 0.2) is 76.5 Å². The highest BCUT2D eigenvalue weighted by molar-refractivity contribution is 9.10. The molecule has 3 rings (SSSR count). The van der Waals surface area contributed by atoms with Crippen molar-refractivity contribution in [2.24, 2.45) is 5.16 Å². The highest BCUT2D eigenvalue weighted by Crippen LogP contribution is 2.43. The maximum atomic E-state index is 9.19. The maximum absolute atomic E-state index is 9.19. The largest absolute Gasteiger partial charge is 0.411 e. The molecule has 0 amide bonds. The molecule has 0 aliphatic rings. The average Bonchev–Trinajstić information content (AvgIpc) is 2.65. The van der Waals surface area contributed by atoms with Crippen LogP contribution in [0.1, 0.15) is 34.4 Å². The summed E-state index contributed by atoms with van der Waals surface area (Å²) in [5.41, 5.74) is 5.14. The van der Waals surface area contributed by atoms with Crippen molar-refractivity contribution in [2.45, 2.75) is 25.7 Å². The van der Waals surface area contributed by atoms with Crippen molar-refractivity contribution in [1.82, 2.24) is 4.98 Å². The Morgan fingerprint density at radius 3 is 2.42 bits per heavy atom. The van der Waals surface area contributed by atoms with E-state index >= 15 is 0 Å². The quantitative estimate of drug-likeness (QED) is 0.337. The molecule has 4 heteroatoms. The lowest BCUT2D eigenvalue weighted by atomic mass is 9.66. The molecular weight excluding hydrogens is 388 g/mol. The Morgan fingerprint density at radius 1 is 1.04 bits per heavy atom. The van der Waals surface area contributed by atoms with Gasteiger partial charge in [0.15, 0.2) is 0 Å². The van der Waals surface area contributed by atoms with E-state index in [9.17, 15) is 5.21 Å². The van der Waals surface area contributed by atoms with Gasteiger partial charge in [-0.25, -0.2) is 0 Å². The van der Waals surface area contributed by atoms with Crippen molar-refractivity contribution in [1.29, 1.82) is 0 Å². The molecule has 1 aromatic heterocycles. The molecule has 0 aliphatic carbocycles. The van der Waals surface area contributed by atoms with Gasteiger partial charge in [0.05, 0.1) is 5.41 Å². The van der Waals surface area contributed by atoms with Gasteiger partial charge in [-0.2, -0.15) is 0 Å². The molecule has 0 spiro atoms. The van der Waals surface area contributed by atoms with Gasteiger partial charge >= 0.3 is 0 Å². The van der Waals surface area contributed by atoms with Crippen LogP contribution >= 0.6 is 15.9 Å². The lowest BCUT2D eigenvalue weighted by Crippen LogP contribution is -2.31. The number of rotatable bonds is 5. The van der Waals surface area contributed by atoms with Crippen LogP contribution in [0, 0.1) is 13.8 Å². The monoisotopic (exact) mass is 408 g/mol. The first kappa shape index (κ1) is 18.3. The van der Waals surface area contributed by atoms with Crippen LogP contribution in [0.5, 0.6) is 0 Å². The van der Waals surface area contributed by atoms with E-state index in [1.165, 1.54) is 11.1 Å². The molecule has 1 atom stereocenters. The van der Waals surface area contributed by atoms with E-state index in [0.29, 0.717) is 6.42 Å². The van der Waals surface area contributed by atoms with Crippen LogP contribution in [-0.2, 0) is 5.41 Å². The number of aryl methyl sites for hydroxylation is 2. The van der Waals surface area contributed by atoms with Gasteiger partial charge < -0.3 is 5.21 Å². The molecule has 0 saturated heterocycles. The Kier molecular flexibility index (Phi) is 5.52. The van der Waals surface area contributed by atoms with Crippen LogP contribution in [0.3, 0.4) is 0 Å². The SMILES string of the molecule is Cc1cc(C(CC=NO)(c2ccc(Br)cc2)c2ccccc2C)ccn1. The fraction of sp³-hybridized carbons (Fsp3) is 0.182. The minimum atomic E-state index is -0.466. The Bertz CT molecular complexity index is 921. The molecule has 1 heterocycles. The predicted molar refractivity (Wildman–Crippen MR) is 109 cm³/mol. The summed E-state index contributed by atoms with van der Waals surface area (Å²) in [6.07, 6.45) is 3.95. The summed E-state index contributed by atoms with van der Waals surface area (Å²) in [6, 6.07) is 20.9. The number of benzene rings is 2. The van der Waals surface area contributed by atoms with E-state index in [1.807, 2.05) is 37.4 Å². The zero-order chi connectivity index (χ0) is 18.6. The molecule has 3 nitrogen and oxygen atoms in total. The summed E-state index contributed by atoms with van der Waals surface area (Å²) in [5, 5.41) is 12.5. The van der Waals surface area contributed by atoms with Gasteiger partial charge in [0.2, 0.25) is 0 Å². The third-order valence-electron chi connectivity index (χ3n) is 4.81. The molecule has 0 radical (unpaired) electrons. The van der Waals surface area contributed by atoms with E-state index in [-0.39, 0.29) is 0 Å². The van der Waals surface area contributed by atoms with Crippen molar-refractivity contribution in [2.75, 3.05) is 0 Å². The Morgan fingerprint density at radius 2 is 1.77 bits per heavy atom. The van der Waals surface area contributed by atoms with Crippen molar-refractivity contribution >= 4 is 22.1 Å². The first-order chi connectivity index (χ1) is 12.6. The van der Waals surface area contributed by atoms with Gasteiger partial charge in [-0.3, -0.25) is 4.98 Å². The van der Waals surface area contributed by atoms with Crippen LogP contribution in [0.4, 0.5) is 0 Å². The van der Waals surface area contributed by atoms with Gasteiger partial charge in [-0.05, 0) is 60.4 Å². The molecule has 0 bridgehead atoms. The van der Waals surface area contributed by atoms with E-state index in [0.717, 1.165) is 21.3 Å². The zero-order valence-electron chi connectivity index (χ0n) is 14.9. The smallest absolute Gasteiger partial charge is 0.0505 e. The Hall–Kier alpha value is -2.46. The molecule has 1 N–H and O–H groups in total. The van der Waals surface area contributed by atoms with E-state index in [1.54, 1.807) is 6.21 Å². The third-order valence-corrected chi connectivity index (χ3v) is 5.34. The summed E-state index contributed by atoms with van der Waals surface area (Å²) in [7, 11) is 0. The highest BCUT2D eigenvalue weighted by atomic mass is 79.9. The van der Waals surface area contributed by atoms with Crippen molar-refractivity contribution in [3.63, 3.8) is 0 Å². The zero-order valence-corrected chi connectivity index (χ0v) is 16.4. The van der Waals surface area contributed by atoms with Gasteiger partial charge in [-0.15, -0.1) is 5.16 Å². The number of aromatic nitrogens is 1. The van der Waals surface area contributed by atoms with E-state index in [2.05, 4.69) is 69.4 Å². The molecule has 0 saturated carbocycles. The number of hydrogen-bond donors (Lipinski definition) is 1. The fourth-order valence-corrected chi connectivity index (χ4v) is 3.86. The molecule has 26 heavy (non-hydrogen) atoms. The normalized spacial score (nSPS) is 13.7. The summed E-state index contributed by atoms with van der Waals surface area (Å²) >= 11 is 3.53. The molecule has 1 unspecified atom stereocenters. The number of halogens is 1. The van der Waals surface area contributed by atoms with Crippen LogP contribution in [0.25, 0.3) is 0 Å². The molecule has 3 aromatic rings. The number of hydrogen-bond acceptors (Lipinski definition) is 3. The minimum Gasteiger partial charge on any atom is -0.411 e. The maximum Gasteiger partial charge on any atom is 0.0505 e. The summed E-state index contributed by atoms with van der Waals surface area (Å²) in [5.74, 6) is 0. The second kappa shape index (κ2) is 7.83. The van der Waals surface area contributed by atoms with E-state index in [4.69, 9.17) is 0 Å². The topological polar surface area (TPSA) is 45.5 Å². The second-order valence-electron chi connectivity index (χ2n) is 6.42. The average molecular weight is 409 g/mol. The van der Waals surface area contributed by atoms with Gasteiger partial charge in [-0.1, -0.05) is 52.3 Å². The van der Waals surface area contributed by atoms with Crippen LogP contribution in [0.2, 0.25) is 0 Å². The second-order valence-corrected chi connectivity index (χ2v) is 7.33. The Balaban J connectivity index is 2.38. The van der Waals surface area contributed by atoms with E-state index < -0.39 is 5.41 Å². The highest BCUT2D eigenvalue weighted by Gasteiger charge is 2.37. The predicted octanol–water partition coefficient (Wildman–Crippen LogP) is 5.65. The van der Waals surface area contributed by atoms with Crippen molar-refractivity contribution < 1.29 is 5.21 Å². The Labute approximate surface area is 162 Å². The lowest BCUT2D eigenvalue weighted by molar-refractivity contribution is 0.319. The molecular formula is C22H21BrN2O.